The van der Waals surface area contributed by atoms with Gasteiger partial charge in [0, 0.05) is 49.0 Å². The van der Waals surface area contributed by atoms with Gasteiger partial charge in [0.25, 0.3) is 0 Å². The van der Waals surface area contributed by atoms with Crippen molar-refractivity contribution in [3.63, 3.8) is 0 Å². The fourth-order valence-electron chi connectivity index (χ4n) is 4.75. The number of halogens is 1. The number of hydrogen-bond acceptors (Lipinski definition) is 8. The largest absolute Gasteiger partial charge is 0.392 e. The van der Waals surface area contributed by atoms with Gasteiger partial charge in [0.05, 0.1) is 11.0 Å². The highest BCUT2D eigenvalue weighted by Gasteiger charge is 2.32. The Kier molecular flexibility index (Phi) is 8.34. The van der Waals surface area contributed by atoms with Crippen LogP contribution in [-0.2, 0) is 16.4 Å². The van der Waals surface area contributed by atoms with E-state index in [1.54, 1.807) is 54.9 Å². The number of piperidine rings is 1. The predicted molar refractivity (Wildman–Crippen MR) is 152 cm³/mol. The number of nitrogens with one attached hydrogen (secondary N) is 2. The molecule has 5 rings (SSSR count). The van der Waals surface area contributed by atoms with Crippen molar-refractivity contribution in [2.45, 2.75) is 37.2 Å². The highest BCUT2D eigenvalue weighted by molar-refractivity contribution is 7.89. The number of pyridine rings is 1. The van der Waals surface area contributed by atoms with E-state index in [0.29, 0.717) is 55.5 Å². The smallest absolute Gasteiger partial charge is 0.243 e. The molecule has 0 amide bonds. The molecule has 2 aromatic heterocycles. The second-order valence-electron chi connectivity index (χ2n) is 9.88. The van der Waals surface area contributed by atoms with Gasteiger partial charge in [0.2, 0.25) is 16.0 Å². The molecule has 0 spiro atoms. The first kappa shape index (κ1) is 27.6. The molecule has 1 aliphatic heterocycles. The van der Waals surface area contributed by atoms with Gasteiger partial charge in [0.1, 0.15) is 11.6 Å². The number of hydrogen-bond donors (Lipinski definition) is 3. The summed E-state index contributed by atoms with van der Waals surface area (Å²) in [6, 6.07) is 18.0. The molecule has 1 aliphatic rings. The SMILES string of the molecule is Cc1ccnc(CC(O)C2CCN(S(=O)(=O)c3ccc(Nc4nccc(Nc5ccc(F)cc5)n4)cc3)CC2)c1. The minimum absolute atomic E-state index is 0.0219. The normalized spacial score (nSPS) is 15.5. The monoisotopic (exact) mass is 562 g/mol. The first-order valence-corrected chi connectivity index (χ1v) is 14.5. The molecule has 0 radical (unpaired) electrons. The third-order valence-corrected chi connectivity index (χ3v) is 8.87. The van der Waals surface area contributed by atoms with E-state index in [0.717, 1.165) is 11.3 Å². The van der Waals surface area contributed by atoms with Crippen LogP contribution in [0.5, 0.6) is 0 Å². The van der Waals surface area contributed by atoms with Crippen LogP contribution in [0.25, 0.3) is 0 Å². The Labute approximate surface area is 233 Å². The van der Waals surface area contributed by atoms with Crippen molar-refractivity contribution in [3.05, 3.63) is 96.2 Å². The van der Waals surface area contributed by atoms with Crippen LogP contribution in [0.1, 0.15) is 24.1 Å². The van der Waals surface area contributed by atoms with Crippen LogP contribution in [0.3, 0.4) is 0 Å². The van der Waals surface area contributed by atoms with E-state index in [4.69, 9.17) is 0 Å². The molecule has 0 bridgehead atoms. The third-order valence-electron chi connectivity index (χ3n) is 6.95. The second kappa shape index (κ2) is 12.1. The van der Waals surface area contributed by atoms with Gasteiger partial charge < -0.3 is 15.7 Å². The maximum Gasteiger partial charge on any atom is 0.243 e. The van der Waals surface area contributed by atoms with Crippen LogP contribution in [0.15, 0.2) is 84.0 Å². The van der Waals surface area contributed by atoms with Gasteiger partial charge >= 0.3 is 0 Å². The Balaban J connectivity index is 1.17. The fraction of sp³-hybridized carbons (Fsp3) is 0.276. The van der Waals surface area contributed by atoms with Crippen LogP contribution in [0, 0.1) is 18.7 Å². The van der Waals surface area contributed by atoms with Crippen LogP contribution in [0.4, 0.5) is 27.5 Å². The second-order valence-corrected chi connectivity index (χ2v) is 11.8. The van der Waals surface area contributed by atoms with Gasteiger partial charge in [-0.1, -0.05) is 0 Å². The summed E-state index contributed by atoms with van der Waals surface area (Å²) in [7, 11) is -3.67. The number of sulfonamides is 1. The number of aromatic nitrogens is 3. The summed E-state index contributed by atoms with van der Waals surface area (Å²) in [5.41, 5.74) is 3.25. The third kappa shape index (κ3) is 6.79. The average Bonchev–Trinajstić information content (AvgIpc) is 2.95. The number of anilines is 4. The lowest BCUT2D eigenvalue weighted by molar-refractivity contribution is 0.0757. The number of aryl methyl sites for hydroxylation is 1. The number of aliphatic hydroxyl groups is 1. The van der Waals surface area contributed by atoms with Crippen LogP contribution in [-0.4, -0.2) is 52.0 Å². The van der Waals surface area contributed by atoms with Crippen molar-refractivity contribution in [1.29, 1.82) is 0 Å². The summed E-state index contributed by atoms with van der Waals surface area (Å²) in [6.07, 6.45) is 4.40. The molecule has 4 aromatic rings. The van der Waals surface area contributed by atoms with E-state index in [-0.39, 0.29) is 16.6 Å². The van der Waals surface area contributed by atoms with E-state index in [1.165, 1.54) is 16.4 Å². The zero-order chi connectivity index (χ0) is 28.1. The van der Waals surface area contributed by atoms with Gasteiger partial charge in [-0.15, -0.1) is 0 Å². The summed E-state index contributed by atoms with van der Waals surface area (Å²) < 4.78 is 41.2. The molecule has 9 nitrogen and oxygen atoms in total. The average molecular weight is 563 g/mol. The summed E-state index contributed by atoms with van der Waals surface area (Å²) in [6.45, 7) is 2.70. The van der Waals surface area contributed by atoms with Crippen LogP contribution in [0.2, 0.25) is 0 Å². The highest BCUT2D eigenvalue weighted by Crippen LogP contribution is 2.28. The lowest BCUT2D eigenvalue weighted by atomic mass is 9.89. The highest BCUT2D eigenvalue weighted by atomic mass is 32.2. The molecule has 1 atom stereocenters. The minimum Gasteiger partial charge on any atom is -0.392 e. The molecule has 40 heavy (non-hydrogen) atoms. The zero-order valence-electron chi connectivity index (χ0n) is 22.0. The molecular weight excluding hydrogens is 531 g/mol. The maximum absolute atomic E-state index is 13.3. The van der Waals surface area contributed by atoms with Crippen molar-refractivity contribution in [1.82, 2.24) is 19.3 Å². The standard InChI is InChI=1S/C29H31FN6O3S/c1-20-10-14-31-25(18-20)19-27(37)21-12-16-36(17-13-21)40(38,39)26-8-6-24(7-9-26)34-29-32-15-11-28(35-29)33-23-4-2-22(30)3-5-23/h2-11,14-15,18,21,27,37H,12-13,16-17,19H2,1H3,(H2,32,33,34,35). The maximum atomic E-state index is 13.3. The van der Waals surface area contributed by atoms with Crippen molar-refractivity contribution in [2.75, 3.05) is 23.7 Å². The molecule has 1 unspecified atom stereocenters. The van der Waals surface area contributed by atoms with Crippen molar-refractivity contribution >= 4 is 33.2 Å². The first-order valence-electron chi connectivity index (χ1n) is 13.1. The van der Waals surface area contributed by atoms with Crippen molar-refractivity contribution in [2.24, 2.45) is 5.92 Å². The molecule has 3 heterocycles. The number of nitrogens with zero attached hydrogens (tertiary/aromatic N) is 4. The van der Waals surface area contributed by atoms with Crippen molar-refractivity contribution < 1.29 is 17.9 Å². The summed E-state index contributed by atoms with van der Waals surface area (Å²) >= 11 is 0. The van der Waals surface area contributed by atoms with E-state index >= 15 is 0 Å². The predicted octanol–water partition coefficient (Wildman–Crippen LogP) is 4.81. The number of benzene rings is 2. The van der Waals surface area contributed by atoms with Crippen molar-refractivity contribution in [3.8, 4) is 0 Å². The molecule has 2 aromatic carbocycles. The van der Waals surface area contributed by atoms with E-state index in [1.807, 2.05) is 19.1 Å². The van der Waals surface area contributed by atoms with E-state index in [9.17, 15) is 17.9 Å². The summed E-state index contributed by atoms with van der Waals surface area (Å²) in [5, 5.41) is 16.9. The molecule has 1 fully saturated rings. The summed E-state index contributed by atoms with van der Waals surface area (Å²) in [5.74, 6) is 0.542. The quantitative estimate of drug-likeness (QED) is 0.266. The van der Waals surface area contributed by atoms with E-state index in [2.05, 4.69) is 25.6 Å². The first-order chi connectivity index (χ1) is 19.3. The summed E-state index contributed by atoms with van der Waals surface area (Å²) in [4.78, 5) is 13.2. The lowest BCUT2D eigenvalue weighted by Gasteiger charge is -2.33. The topological polar surface area (TPSA) is 120 Å². The zero-order valence-corrected chi connectivity index (χ0v) is 22.9. The molecule has 11 heteroatoms. The Bertz CT molecular complexity index is 1540. The van der Waals surface area contributed by atoms with Crippen LogP contribution >= 0.6 is 0 Å². The van der Waals surface area contributed by atoms with Gasteiger partial charge in [-0.3, -0.25) is 4.98 Å². The molecule has 3 N–H and O–H groups in total. The minimum atomic E-state index is -3.67. The van der Waals surface area contributed by atoms with E-state index < -0.39 is 16.1 Å². The fourth-order valence-corrected chi connectivity index (χ4v) is 6.22. The van der Waals surface area contributed by atoms with Crippen LogP contribution < -0.4 is 10.6 Å². The Hall–Kier alpha value is -3.93. The molecule has 0 saturated carbocycles. The Morgan fingerprint density at radius 1 is 0.950 bits per heavy atom. The molecule has 1 saturated heterocycles. The Morgan fingerprint density at radius 3 is 2.30 bits per heavy atom. The molecule has 0 aliphatic carbocycles. The van der Waals surface area contributed by atoms with Gasteiger partial charge in [-0.25, -0.2) is 17.8 Å². The number of aliphatic hydroxyl groups excluding tert-OH is 1. The van der Waals surface area contributed by atoms with Gasteiger partial charge in [0.15, 0.2) is 0 Å². The molecular formula is C29H31FN6O3S. The van der Waals surface area contributed by atoms with Gasteiger partial charge in [-0.05, 0) is 98.0 Å². The molecule has 208 valence electrons. The number of rotatable bonds is 9. The Morgan fingerprint density at radius 2 is 1.60 bits per heavy atom. The van der Waals surface area contributed by atoms with Gasteiger partial charge in [-0.2, -0.15) is 9.29 Å². The lowest BCUT2D eigenvalue weighted by Crippen LogP contribution is -2.41.